The van der Waals surface area contributed by atoms with Crippen LogP contribution in [0.5, 0.6) is 5.75 Å². The lowest BCUT2D eigenvalue weighted by Crippen LogP contribution is -2.54. The van der Waals surface area contributed by atoms with Crippen LogP contribution in [0.15, 0.2) is 41.3 Å². The summed E-state index contributed by atoms with van der Waals surface area (Å²) in [6, 6.07) is 7.35. The molecule has 37 heavy (non-hydrogen) atoms. The molecule has 0 radical (unpaired) electrons. The fraction of sp³-hybridized carbons (Fsp3) is 0.500. The van der Waals surface area contributed by atoms with Crippen molar-refractivity contribution in [2.45, 2.75) is 70.1 Å². The van der Waals surface area contributed by atoms with Gasteiger partial charge in [-0.1, -0.05) is 19.4 Å². The molecule has 3 saturated carbocycles. The average Bonchev–Trinajstić information content (AvgIpc) is 3.71. The topological polar surface area (TPSA) is 84.1 Å². The van der Waals surface area contributed by atoms with Gasteiger partial charge in [0.2, 0.25) is 0 Å². The number of halogens is 2. The van der Waals surface area contributed by atoms with E-state index in [2.05, 4.69) is 27.0 Å². The van der Waals surface area contributed by atoms with Gasteiger partial charge in [-0.2, -0.15) is 4.39 Å². The van der Waals surface area contributed by atoms with Crippen molar-refractivity contribution in [2.75, 3.05) is 4.90 Å². The summed E-state index contributed by atoms with van der Waals surface area (Å²) >= 11 is 0. The zero-order valence-corrected chi connectivity index (χ0v) is 21.1. The van der Waals surface area contributed by atoms with E-state index in [9.17, 15) is 14.3 Å². The van der Waals surface area contributed by atoms with Gasteiger partial charge in [0, 0.05) is 19.2 Å². The summed E-state index contributed by atoms with van der Waals surface area (Å²) in [7, 11) is 1.36. The van der Waals surface area contributed by atoms with Crippen LogP contribution < -0.4 is 10.5 Å². The molecule has 6 rings (SSSR count). The SMILES string of the molecule is Cn1c(F)cc(-c2ccc(-c3ncc(N(C4CC4)[C@@H]4C[C@@]5(C)CCC[C@H](C5)[C@@H]4F)nn3)c(O)c2)cc1=O. The van der Waals surface area contributed by atoms with E-state index in [1.807, 2.05) is 0 Å². The molecule has 3 fully saturated rings. The minimum absolute atomic E-state index is 0.104. The van der Waals surface area contributed by atoms with Crippen molar-refractivity contribution in [3.63, 3.8) is 0 Å². The van der Waals surface area contributed by atoms with Crippen LogP contribution in [0.2, 0.25) is 0 Å². The highest BCUT2D eigenvalue weighted by Gasteiger charge is 2.50. The number of hydrogen-bond acceptors (Lipinski definition) is 6. The van der Waals surface area contributed by atoms with E-state index >= 15 is 4.39 Å². The average molecular weight is 508 g/mol. The molecule has 2 aromatic heterocycles. The number of phenols is 1. The number of anilines is 1. The Kier molecular flexibility index (Phi) is 5.76. The number of hydrogen-bond donors (Lipinski definition) is 1. The predicted molar refractivity (Wildman–Crippen MR) is 136 cm³/mol. The van der Waals surface area contributed by atoms with Crippen molar-refractivity contribution >= 4 is 5.82 Å². The third kappa shape index (κ3) is 4.38. The summed E-state index contributed by atoms with van der Waals surface area (Å²) in [6.07, 6.45) is 7.75. The normalized spacial score (nSPS) is 27.2. The van der Waals surface area contributed by atoms with E-state index in [4.69, 9.17) is 0 Å². The van der Waals surface area contributed by atoms with Crippen molar-refractivity contribution in [1.29, 1.82) is 0 Å². The van der Waals surface area contributed by atoms with Gasteiger partial charge in [-0.05, 0) is 79.2 Å². The Hall–Kier alpha value is -3.36. The van der Waals surface area contributed by atoms with E-state index in [1.165, 1.54) is 25.2 Å². The zero-order chi connectivity index (χ0) is 25.9. The first-order valence-electron chi connectivity index (χ1n) is 13.0. The van der Waals surface area contributed by atoms with Crippen LogP contribution >= 0.6 is 0 Å². The van der Waals surface area contributed by atoms with E-state index in [-0.39, 0.29) is 35.0 Å². The lowest BCUT2D eigenvalue weighted by Gasteiger charge is -2.51. The van der Waals surface area contributed by atoms with Gasteiger partial charge in [-0.3, -0.25) is 9.36 Å². The van der Waals surface area contributed by atoms with E-state index in [1.54, 1.807) is 18.3 Å². The van der Waals surface area contributed by atoms with Crippen LogP contribution in [0, 0.1) is 17.3 Å². The Morgan fingerprint density at radius 1 is 1.11 bits per heavy atom. The Bertz CT molecular complexity index is 1390. The third-order valence-corrected chi connectivity index (χ3v) is 8.52. The highest BCUT2D eigenvalue weighted by atomic mass is 19.1. The molecule has 4 atom stereocenters. The number of alkyl halides is 1. The van der Waals surface area contributed by atoms with Gasteiger partial charge >= 0.3 is 0 Å². The van der Waals surface area contributed by atoms with Crippen LogP contribution in [-0.4, -0.2) is 43.1 Å². The second-order valence-corrected chi connectivity index (χ2v) is 11.4. The first-order valence-corrected chi connectivity index (χ1v) is 13.0. The molecule has 0 saturated heterocycles. The monoisotopic (exact) mass is 507 g/mol. The largest absolute Gasteiger partial charge is 0.507 e. The summed E-state index contributed by atoms with van der Waals surface area (Å²) in [4.78, 5) is 18.6. The summed E-state index contributed by atoms with van der Waals surface area (Å²) in [5, 5.41) is 19.4. The van der Waals surface area contributed by atoms with E-state index < -0.39 is 17.7 Å². The summed E-state index contributed by atoms with van der Waals surface area (Å²) in [6.45, 7) is 2.30. The molecule has 0 aliphatic heterocycles. The molecule has 9 heteroatoms. The van der Waals surface area contributed by atoms with Crippen molar-refractivity contribution in [3.8, 4) is 28.3 Å². The van der Waals surface area contributed by atoms with Gasteiger partial charge in [0.25, 0.3) is 5.56 Å². The van der Waals surface area contributed by atoms with Crippen molar-refractivity contribution in [1.82, 2.24) is 19.7 Å². The van der Waals surface area contributed by atoms with Gasteiger partial charge < -0.3 is 10.0 Å². The maximum Gasteiger partial charge on any atom is 0.253 e. The second-order valence-electron chi connectivity index (χ2n) is 11.4. The first-order chi connectivity index (χ1) is 17.7. The maximum atomic E-state index is 15.7. The van der Waals surface area contributed by atoms with Crippen molar-refractivity contribution in [3.05, 3.63) is 52.8 Å². The smallest absolute Gasteiger partial charge is 0.253 e. The lowest BCUT2D eigenvalue weighted by molar-refractivity contribution is 0.00942. The van der Waals surface area contributed by atoms with E-state index in [0.717, 1.165) is 49.5 Å². The number of aromatic hydroxyl groups is 1. The van der Waals surface area contributed by atoms with Gasteiger partial charge in [0.15, 0.2) is 17.6 Å². The number of phenolic OH excluding ortho intramolecular Hbond substituents is 1. The third-order valence-electron chi connectivity index (χ3n) is 8.52. The number of pyridine rings is 1. The minimum atomic E-state index is -0.883. The van der Waals surface area contributed by atoms with Crippen LogP contribution in [0.25, 0.3) is 22.5 Å². The Labute approximate surface area is 214 Å². The molecule has 3 aromatic rings. The number of aromatic nitrogens is 4. The van der Waals surface area contributed by atoms with Gasteiger partial charge in [0.1, 0.15) is 11.9 Å². The first kappa shape index (κ1) is 24.0. The number of nitrogens with zero attached hydrogens (tertiary/aromatic N) is 5. The molecular formula is C28H31F2N5O2. The fourth-order valence-electron chi connectivity index (χ4n) is 6.43. The molecule has 0 spiro atoms. The van der Waals surface area contributed by atoms with Crippen LogP contribution in [0.1, 0.15) is 51.9 Å². The van der Waals surface area contributed by atoms with Crippen LogP contribution in [0.3, 0.4) is 0 Å². The second kappa shape index (κ2) is 8.89. The summed E-state index contributed by atoms with van der Waals surface area (Å²) in [5.74, 6) is 0.148. The van der Waals surface area contributed by atoms with Crippen molar-refractivity contribution < 1.29 is 13.9 Å². The standard InChI is InChI=1S/C28H31F2N5O2/c1-28-9-3-4-17(13-28)26(30)21(14-28)35(19-6-7-19)24-15-31-27(33-32-24)20-8-5-16(10-22(20)36)18-11-23(29)34(2)25(37)12-18/h5,8,10-12,15,17,19,21,26,36H,3-4,6-7,9,13-14H2,1-2H3/t17-,21-,26+,28+/m1/s1. The Balaban J connectivity index is 1.27. The highest BCUT2D eigenvalue weighted by Crippen LogP contribution is 2.52. The van der Waals surface area contributed by atoms with E-state index in [0.29, 0.717) is 22.5 Å². The van der Waals surface area contributed by atoms with Gasteiger partial charge in [-0.15, -0.1) is 10.2 Å². The molecule has 2 bridgehead atoms. The van der Waals surface area contributed by atoms with Crippen LogP contribution in [-0.2, 0) is 7.05 Å². The Morgan fingerprint density at radius 3 is 2.59 bits per heavy atom. The highest BCUT2D eigenvalue weighted by molar-refractivity contribution is 5.72. The number of fused-ring (bicyclic) bond motifs is 2. The van der Waals surface area contributed by atoms with Crippen molar-refractivity contribution in [2.24, 2.45) is 18.4 Å². The molecule has 2 heterocycles. The fourth-order valence-corrected chi connectivity index (χ4v) is 6.43. The van der Waals surface area contributed by atoms with Gasteiger partial charge in [0.05, 0.1) is 17.8 Å². The molecule has 1 aromatic carbocycles. The molecule has 1 N–H and O–H groups in total. The molecule has 3 aliphatic rings. The number of rotatable bonds is 5. The molecule has 7 nitrogen and oxygen atoms in total. The molecule has 0 unspecified atom stereocenters. The zero-order valence-electron chi connectivity index (χ0n) is 21.1. The summed E-state index contributed by atoms with van der Waals surface area (Å²) < 4.78 is 30.6. The van der Waals surface area contributed by atoms with Crippen LogP contribution in [0.4, 0.5) is 14.6 Å². The molecule has 194 valence electrons. The number of benzene rings is 1. The lowest BCUT2D eigenvalue weighted by atomic mass is 9.60. The summed E-state index contributed by atoms with van der Waals surface area (Å²) in [5.41, 5.74) is 0.918. The molecule has 3 aliphatic carbocycles. The molecular weight excluding hydrogens is 476 g/mol. The molecule has 0 amide bonds. The van der Waals surface area contributed by atoms with Gasteiger partial charge in [-0.25, -0.2) is 9.37 Å². The Morgan fingerprint density at radius 2 is 1.92 bits per heavy atom. The quantitative estimate of drug-likeness (QED) is 0.488. The predicted octanol–water partition coefficient (Wildman–Crippen LogP) is 5.02. The minimum Gasteiger partial charge on any atom is -0.507 e. The maximum absolute atomic E-state index is 15.7.